The topological polar surface area (TPSA) is 46.5 Å². The lowest BCUT2D eigenvalue weighted by molar-refractivity contribution is -0.135. The Morgan fingerprint density at radius 1 is 1.00 bits per heavy atom. The Morgan fingerprint density at radius 2 is 1.73 bits per heavy atom. The number of fused-ring (bicyclic) bond motifs is 1. The van der Waals surface area contributed by atoms with Gasteiger partial charge in [-0.2, -0.15) is 0 Å². The molecule has 0 atom stereocenters. The summed E-state index contributed by atoms with van der Waals surface area (Å²) >= 11 is 0. The van der Waals surface area contributed by atoms with E-state index in [0.29, 0.717) is 33.8 Å². The number of allylic oxidation sites excluding steroid dienone is 2. The van der Waals surface area contributed by atoms with Gasteiger partial charge in [0.1, 0.15) is 11.5 Å². The minimum absolute atomic E-state index is 0.0955. The first kappa shape index (κ1) is 19.6. The number of hydrogen-bond acceptors (Lipinski definition) is 2. The number of rotatable bonds is 5. The summed E-state index contributed by atoms with van der Waals surface area (Å²) in [6.45, 7) is 1.73. The number of aliphatic carboxylic acids is 1. The van der Waals surface area contributed by atoms with Crippen LogP contribution in [0.3, 0.4) is 0 Å². The van der Waals surface area contributed by atoms with Crippen LogP contribution in [-0.2, 0) is 4.79 Å². The Balaban J connectivity index is 1.78. The molecular weight excluding hydrogens is 386 g/mol. The second-order valence-electron chi connectivity index (χ2n) is 7.00. The molecule has 0 saturated carbocycles. The molecule has 0 saturated heterocycles. The molecular formula is C25H18F2O3. The molecule has 4 rings (SSSR count). The van der Waals surface area contributed by atoms with Crippen LogP contribution in [0.15, 0.2) is 72.3 Å². The number of ether oxygens (including phenoxy) is 1. The summed E-state index contributed by atoms with van der Waals surface area (Å²) in [5, 5.41) is 9.26. The zero-order valence-electron chi connectivity index (χ0n) is 16.2. The average molecular weight is 404 g/mol. The molecule has 0 radical (unpaired) electrons. The van der Waals surface area contributed by atoms with Crippen LogP contribution in [-0.4, -0.2) is 11.1 Å². The summed E-state index contributed by atoms with van der Waals surface area (Å²) in [5.41, 5.74) is 2.81. The van der Waals surface area contributed by atoms with Crippen molar-refractivity contribution in [2.75, 3.05) is 0 Å². The first-order chi connectivity index (χ1) is 14.4. The first-order valence-electron chi connectivity index (χ1n) is 9.39. The lowest BCUT2D eigenvalue weighted by atomic mass is 9.99. The third-order valence-electron chi connectivity index (χ3n) is 5.02. The fourth-order valence-corrected chi connectivity index (χ4v) is 3.64. The number of carboxylic acids is 1. The van der Waals surface area contributed by atoms with E-state index < -0.39 is 17.6 Å². The molecule has 3 nitrogen and oxygen atoms in total. The zero-order valence-corrected chi connectivity index (χ0v) is 16.2. The van der Waals surface area contributed by atoms with E-state index in [0.717, 1.165) is 11.6 Å². The van der Waals surface area contributed by atoms with Crippen molar-refractivity contribution in [2.24, 2.45) is 0 Å². The first-order valence-corrected chi connectivity index (χ1v) is 9.39. The van der Waals surface area contributed by atoms with E-state index in [1.54, 1.807) is 31.2 Å². The molecule has 0 fully saturated rings. The number of para-hydroxylation sites is 1. The summed E-state index contributed by atoms with van der Waals surface area (Å²) in [6.07, 6.45) is 1.46. The molecule has 3 aromatic carbocycles. The van der Waals surface area contributed by atoms with Crippen LogP contribution in [0.4, 0.5) is 8.78 Å². The van der Waals surface area contributed by atoms with Gasteiger partial charge in [-0.3, -0.25) is 4.79 Å². The maximum Gasteiger partial charge on any atom is 0.307 e. The second-order valence-corrected chi connectivity index (χ2v) is 7.00. The molecule has 3 aromatic rings. The highest BCUT2D eigenvalue weighted by molar-refractivity contribution is 6.07. The van der Waals surface area contributed by atoms with Crippen molar-refractivity contribution < 1.29 is 23.4 Å². The van der Waals surface area contributed by atoms with Gasteiger partial charge in [0.25, 0.3) is 0 Å². The molecule has 0 spiro atoms. The number of halogens is 2. The molecule has 30 heavy (non-hydrogen) atoms. The Labute approximate surface area is 172 Å². The highest BCUT2D eigenvalue weighted by Crippen LogP contribution is 2.45. The quantitative estimate of drug-likeness (QED) is 0.524. The summed E-state index contributed by atoms with van der Waals surface area (Å²) in [5.74, 6) is -1.69. The van der Waals surface area contributed by atoms with Gasteiger partial charge < -0.3 is 9.84 Å². The van der Waals surface area contributed by atoms with E-state index in [1.807, 2.05) is 36.4 Å². The smallest absolute Gasteiger partial charge is 0.307 e. The van der Waals surface area contributed by atoms with Crippen molar-refractivity contribution in [3.63, 3.8) is 0 Å². The van der Waals surface area contributed by atoms with Crippen molar-refractivity contribution in [3.8, 4) is 11.5 Å². The van der Waals surface area contributed by atoms with Gasteiger partial charge in [0.15, 0.2) is 11.6 Å². The van der Waals surface area contributed by atoms with Crippen LogP contribution in [0, 0.1) is 11.6 Å². The largest absolute Gasteiger partial charge is 0.481 e. The fourth-order valence-electron chi connectivity index (χ4n) is 3.64. The molecule has 0 aliphatic heterocycles. The third-order valence-corrected chi connectivity index (χ3v) is 5.02. The van der Waals surface area contributed by atoms with Crippen molar-refractivity contribution in [1.82, 2.24) is 0 Å². The minimum atomic E-state index is -1.03. The molecule has 0 unspecified atom stereocenters. The van der Waals surface area contributed by atoms with E-state index in [9.17, 15) is 18.7 Å². The van der Waals surface area contributed by atoms with Crippen molar-refractivity contribution >= 4 is 23.2 Å². The van der Waals surface area contributed by atoms with Gasteiger partial charge >= 0.3 is 5.97 Å². The minimum Gasteiger partial charge on any atom is -0.481 e. The van der Waals surface area contributed by atoms with Crippen LogP contribution in [0.25, 0.3) is 17.2 Å². The van der Waals surface area contributed by atoms with Crippen molar-refractivity contribution in [2.45, 2.75) is 13.3 Å². The Morgan fingerprint density at radius 3 is 2.47 bits per heavy atom. The average Bonchev–Trinajstić information content (AvgIpc) is 2.97. The normalized spacial score (nSPS) is 14.2. The molecule has 0 amide bonds. The van der Waals surface area contributed by atoms with E-state index in [2.05, 4.69) is 0 Å². The summed E-state index contributed by atoms with van der Waals surface area (Å²) < 4.78 is 34.5. The van der Waals surface area contributed by atoms with Crippen LogP contribution in [0.1, 0.15) is 30.0 Å². The maximum absolute atomic E-state index is 14.7. The Hall–Kier alpha value is -3.73. The lowest BCUT2D eigenvalue weighted by Gasteiger charge is -2.08. The summed E-state index contributed by atoms with van der Waals surface area (Å²) in [4.78, 5) is 11.3. The molecule has 1 N–H and O–H groups in total. The Bertz CT molecular complexity index is 1190. The predicted octanol–water partition coefficient (Wildman–Crippen LogP) is 6.56. The highest BCUT2D eigenvalue weighted by atomic mass is 19.2. The Kier molecular flexibility index (Phi) is 5.19. The number of carbonyl (C=O) groups is 1. The van der Waals surface area contributed by atoms with Gasteiger partial charge in [-0.25, -0.2) is 8.78 Å². The highest BCUT2D eigenvalue weighted by Gasteiger charge is 2.29. The second kappa shape index (κ2) is 7.95. The van der Waals surface area contributed by atoms with E-state index >= 15 is 0 Å². The molecule has 0 bridgehead atoms. The number of benzene rings is 3. The van der Waals surface area contributed by atoms with Gasteiger partial charge in [-0.1, -0.05) is 36.4 Å². The lowest BCUT2D eigenvalue weighted by Crippen LogP contribution is -1.98. The van der Waals surface area contributed by atoms with E-state index in [4.69, 9.17) is 4.74 Å². The van der Waals surface area contributed by atoms with Gasteiger partial charge in [0.2, 0.25) is 0 Å². The standard InChI is InChI=1S/C25H18F2O3/c1-15-20(14-23(28)29)19-10-11-22(26)25(27)24(19)21(15)13-16-6-5-9-18(12-16)30-17-7-3-2-4-8-17/h2-13H,14H2,1H3,(H,28,29)/b21-13-. The SMILES string of the molecule is CC1=C(CC(=O)O)c2ccc(F)c(F)c2/C1=C\c1cccc(Oc2ccccc2)c1. The van der Waals surface area contributed by atoms with Gasteiger partial charge in [0.05, 0.1) is 6.42 Å². The number of hydrogen-bond donors (Lipinski definition) is 1. The number of carboxylic acid groups (broad SMARTS) is 1. The van der Waals surface area contributed by atoms with Crippen molar-refractivity contribution in [1.29, 1.82) is 0 Å². The van der Waals surface area contributed by atoms with Crippen LogP contribution in [0.2, 0.25) is 0 Å². The molecule has 1 aliphatic carbocycles. The van der Waals surface area contributed by atoms with E-state index in [-0.39, 0.29) is 12.0 Å². The molecule has 0 aromatic heterocycles. The van der Waals surface area contributed by atoms with Gasteiger partial charge in [-0.15, -0.1) is 0 Å². The van der Waals surface area contributed by atoms with Crippen LogP contribution >= 0.6 is 0 Å². The van der Waals surface area contributed by atoms with Crippen molar-refractivity contribution in [3.05, 3.63) is 101 Å². The van der Waals surface area contributed by atoms with Crippen LogP contribution < -0.4 is 4.74 Å². The molecule has 0 heterocycles. The van der Waals surface area contributed by atoms with Gasteiger partial charge in [-0.05, 0) is 71.2 Å². The fraction of sp³-hybridized carbons (Fsp3) is 0.0800. The van der Waals surface area contributed by atoms with Gasteiger partial charge in [0, 0.05) is 5.56 Å². The van der Waals surface area contributed by atoms with Crippen LogP contribution in [0.5, 0.6) is 11.5 Å². The summed E-state index contributed by atoms with van der Waals surface area (Å²) in [7, 11) is 0. The monoisotopic (exact) mass is 404 g/mol. The van der Waals surface area contributed by atoms with E-state index in [1.165, 1.54) is 6.07 Å². The summed E-state index contributed by atoms with van der Waals surface area (Å²) in [6, 6.07) is 19.0. The molecule has 5 heteroatoms. The predicted molar refractivity (Wildman–Crippen MR) is 112 cm³/mol. The molecule has 150 valence electrons. The maximum atomic E-state index is 14.7. The third kappa shape index (κ3) is 3.74. The molecule has 1 aliphatic rings. The zero-order chi connectivity index (χ0) is 21.3.